The molecule has 0 radical (unpaired) electrons. The Morgan fingerprint density at radius 2 is 1.65 bits per heavy atom. The smallest absolute Gasteiger partial charge is 0.408 e. The van der Waals surface area contributed by atoms with E-state index in [4.69, 9.17) is 15.2 Å². The van der Waals surface area contributed by atoms with Gasteiger partial charge in [0.1, 0.15) is 23.4 Å². The summed E-state index contributed by atoms with van der Waals surface area (Å²) in [5.41, 5.74) is 6.77. The number of alkyl carbamates (subject to hydrolysis) is 1. The van der Waals surface area contributed by atoms with Crippen molar-refractivity contribution in [2.75, 3.05) is 12.4 Å². The molecule has 10 nitrogen and oxygen atoms in total. The second kappa shape index (κ2) is 13.3. The van der Waals surface area contributed by atoms with Gasteiger partial charge >= 0.3 is 6.09 Å². The van der Waals surface area contributed by atoms with E-state index >= 15 is 0 Å². The van der Waals surface area contributed by atoms with Crippen LogP contribution >= 0.6 is 0 Å². The molecular weight excluding hydrogens is 512 g/mol. The van der Waals surface area contributed by atoms with Crippen LogP contribution in [0.3, 0.4) is 0 Å². The third-order valence-corrected chi connectivity index (χ3v) is 6.67. The maximum Gasteiger partial charge on any atom is 0.408 e. The highest BCUT2D eigenvalue weighted by Crippen LogP contribution is 2.35. The van der Waals surface area contributed by atoms with Crippen molar-refractivity contribution < 1.29 is 28.7 Å². The number of hydrogen-bond donors (Lipinski definition) is 3. The maximum absolute atomic E-state index is 14.2. The molecule has 0 aliphatic heterocycles. The lowest BCUT2D eigenvalue weighted by Crippen LogP contribution is -2.57. The zero-order valence-corrected chi connectivity index (χ0v) is 23.9. The van der Waals surface area contributed by atoms with Gasteiger partial charge in [-0.25, -0.2) is 4.79 Å². The molecule has 1 saturated carbocycles. The van der Waals surface area contributed by atoms with E-state index in [9.17, 15) is 19.2 Å². The lowest BCUT2D eigenvalue weighted by atomic mass is 9.87. The highest BCUT2D eigenvalue weighted by molar-refractivity contribution is 5.99. The molecule has 10 heteroatoms. The summed E-state index contributed by atoms with van der Waals surface area (Å²) in [7, 11) is 1.56. The molecule has 2 atom stereocenters. The van der Waals surface area contributed by atoms with Crippen molar-refractivity contribution in [3.63, 3.8) is 0 Å². The Balaban J connectivity index is 2.00. The first-order chi connectivity index (χ1) is 18.9. The molecule has 216 valence electrons. The fraction of sp³-hybridized carbons (Fsp3) is 0.467. The number of nitrogens with zero attached hydrogens (tertiary/aromatic N) is 1. The Bertz CT molecular complexity index is 1190. The molecule has 4 amide bonds. The Labute approximate surface area is 235 Å². The molecule has 2 aromatic carbocycles. The molecule has 1 aliphatic carbocycles. The van der Waals surface area contributed by atoms with E-state index in [1.807, 2.05) is 31.2 Å². The van der Waals surface area contributed by atoms with Gasteiger partial charge in [0.05, 0.1) is 7.11 Å². The number of nitrogens with one attached hydrogen (secondary N) is 2. The van der Waals surface area contributed by atoms with Crippen molar-refractivity contribution in [2.24, 2.45) is 5.73 Å². The third-order valence-electron chi connectivity index (χ3n) is 6.67. The van der Waals surface area contributed by atoms with Crippen molar-refractivity contribution in [1.29, 1.82) is 0 Å². The van der Waals surface area contributed by atoms with Crippen molar-refractivity contribution in [1.82, 2.24) is 10.2 Å². The average Bonchev–Trinajstić information content (AvgIpc) is 2.85. The molecule has 0 heterocycles. The van der Waals surface area contributed by atoms with Gasteiger partial charge in [0, 0.05) is 18.2 Å². The number of benzene rings is 2. The zero-order valence-electron chi connectivity index (χ0n) is 23.9. The van der Waals surface area contributed by atoms with Gasteiger partial charge in [-0.05, 0) is 83.2 Å². The van der Waals surface area contributed by atoms with Crippen molar-refractivity contribution in [3.05, 3.63) is 59.7 Å². The Hall–Kier alpha value is -4.08. The Morgan fingerprint density at radius 1 is 1.02 bits per heavy atom. The number of aryl methyl sites for hydroxylation is 1. The van der Waals surface area contributed by atoms with Gasteiger partial charge in [0.15, 0.2) is 0 Å². The third kappa shape index (κ3) is 8.46. The first-order valence-corrected chi connectivity index (χ1v) is 13.5. The van der Waals surface area contributed by atoms with Crippen LogP contribution in [0.4, 0.5) is 10.5 Å². The van der Waals surface area contributed by atoms with Gasteiger partial charge in [-0.2, -0.15) is 0 Å². The van der Waals surface area contributed by atoms with Crippen LogP contribution in [0.2, 0.25) is 0 Å². The molecule has 1 aliphatic rings. The summed E-state index contributed by atoms with van der Waals surface area (Å²) in [4.78, 5) is 54.0. The van der Waals surface area contributed by atoms with Crippen LogP contribution in [0, 0.1) is 6.92 Å². The first-order valence-electron chi connectivity index (χ1n) is 13.5. The van der Waals surface area contributed by atoms with Crippen LogP contribution in [0.5, 0.6) is 5.75 Å². The molecule has 0 spiro atoms. The average molecular weight is 553 g/mol. The van der Waals surface area contributed by atoms with Crippen molar-refractivity contribution in [2.45, 2.75) is 83.5 Å². The minimum Gasteiger partial charge on any atom is -0.497 e. The van der Waals surface area contributed by atoms with Crippen molar-refractivity contribution >= 4 is 29.5 Å². The number of amides is 4. The summed E-state index contributed by atoms with van der Waals surface area (Å²) >= 11 is 0. The van der Waals surface area contributed by atoms with Gasteiger partial charge in [-0.1, -0.05) is 29.8 Å². The quantitative estimate of drug-likeness (QED) is 0.381. The normalized spacial score (nSPS) is 14.7. The predicted molar refractivity (Wildman–Crippen MR) is 152 cm³/mol. The van der Waals surface area contributed by atoms with Crippen molar-refractivity contribution in [3.8, 4) is 5.75 Å². The van der Waals surface area contributed by atoms with Crippen LogP contribution in [0.25, 0.3) is 0 Å². The first kappa shape index (κ1) is 30.5. The van der Waals surface area contributed by atoms with E-state index < -0.39 is 41.5 Å². The van der Waals surface area contributed by atoms with Crippen LogP contribution in [0.1, 0.15) is 70.0 Å². The van der Waals surface area contributed by atoms with Crippen LogP contribution in [-0.2, 0) is 19.1 Å². The molecule has 0 bridgehead atoms. The predicted octanol–water partition coefficient (Wildman–Crippen LogP) is 4.22. The second-order valence-electron chi connectivity index (χ2n) is 11.1. The number of hydrogen-bond acceptors (Lipinski definition) is 6. The molecule has 1 fully saturated rings. The summed E-state index contributed by atoms with van der Waals surface area (Å²) < 4.78 is 10.6. The number of carbonyl (C=O) groups excluding carboxylic acids is 4. The van der Waals surface area contributed by atoms with Gasteiger partial charge in [0.25, 0.3) is 5.91 Å². The molecule has 0 aromatic heterocycles. The van der Waals surface area contributed by atoms with Gasteiger partial charge in [-0.15, -0.1) is 0 Å². The van der Waals surface area contributed by atoms with Crippen LogP contribution in [0.15, 0.2) is 48.5 Å². The highest BCUT2D eigenvalue weighted by Gasteiger charge is 2.42. The summed E-state index contributed by atoms with van der Waals surface area (Å²) in [6.45, 7) is 7.08. The topological polar surface area (TPSA) is 140 Å². The summed E-state index contributed by atoms with van der Waals surface area (Å²) in [6, 6.07) is 12.0. The van der Waals surface area contributed by atoms with E-state index in [-0.39, 0.29) is 18.9 Å². The summed E-state index contributed by atoms with van der Waals surface area (Å²) in [5, 5.41) is 5.55. The monoisotopic (exact) mass is 552 g/mol. The summed E-state index contributed by atoms with van der Waals surface area (Å²) in [5.74, 6) is -0.844. The fourth-order valence-corrected chi connectivity index (χ4v) is 4.43. The number of methoxy groups -OCH3 is 1. The fourth-order valence-electron chi connectivity index (χ4n) is 4.43. The summed E-state index contributed by atoms with van der Waals surface area (Å²) in [6.07, 6.45) is 1.37. The molecular formula is C30H40N4O6. The molecule has 2 aromatic rings. The SMILES string of the molecule is COc1ccc(NC(=O)C(c2ccc(C)cc2)N(C(=O)C(CCC(N)=O)NC(=O)OC(C)(C)C)C2CCC2)cc1. The Morgan fingerprint density at radius 3 is 2.15 bits per heavy atom. The van der Waals surface area contributed by atoms with E-state index in [1.54, 1.807) is 57.0 Å². The molecule has 2 unspecified atom stereocenters. The largest absolute Gasteiger partial charge is 0.497 e. The lowest BCUT2D eigenvalue weighted by Gasteiger charge is -2.43. The number of rotatable bonds is 11. The molecule has 0 saturated heterocycles. The number of nitrogens with two attached hydrogens (primary N) is 1. The lowest BCUT2D eigenvalue weighted by molar-refractivity contribution is -0.146. The zero-order chi connectivity index (χ0) is 29.4. The second-order valence-corrected chi connectivity index (χ2v) is 11.1. The number of ether oxygens (including phenoxy) is 2. The number of primary amides is 1. The van der Waals surface area contributed by atoms with Crippen LogP contribution < -0.4 is 21.1 Å². The van der Waals surface area contributed by atoms with Gasteiger partial charge < -0.3 is 30.7 Å². The van der Waals surface area contributed by atoms with Gasteiger partial charge in [-0.3, -0.25) is 14.4 Å². The minimum absolute atomic E-state index is 0.0304. The van der Waals surface area contributed by atoms with E-state index in [0.29, 0.717) is 29.8 Å². The Kier molecular flexibility index (Phi) is 10.1. The highest BCUT2D eigenvalue weighted by atomic mass is 16.6. The minimum atomic E-state index is -1.12. The number of anilines is 1. The van der Waals surface area contributed by atoms with E-state index in [0.717, 1.165) is 12.0 Å². The van der Waals surface area contributed by atoms with E-state index in [1.165, 1.54) is 0 Å². The van der Waals surface area contributed by atoms with E-state index in [2.05, 4.69) is 10.6 Å². The van der Waals surface area contributed by atoms with Crippen LogP contribution in [-0.4, -0.2) is 53.5 Å². The number of carbonyl (C=O) groups is 4. The van der Waals surface area contributed by atoms with Gasteiger partial charge in [0.2, 0.25) is 11.8 Å². The molecule has 4 N–H and O–H groups in total. The standard InChI is InChI=1S/C30H40N4O6/c1-19-9-11-20(12-10-19)26(27(36)32-21-13-15-23(39-5)16-14-21)34(22-7-6-8-22)28(37)24(17-18-25(31)35)33-29(38)40-30(2,3)4/h9-16,22,24,26H,6-8,17-18H2,1-5H3,(H2,31,35)(H,32,36)(H,33,38). The molecule has 3 rings (SSSR count). The maximum atomic E-state index is 14.2. The molecule has 40 heavy (non-hydrogen) atoms.